The number of benzene rings is 1. The Morgan fingerprint density at radius 2 is 1.96 bits per heavy atom. The molecule has 4 aliphatic heterocycles. The Hall–Kier alpha value is -1.52. The normalized spacial score (nSPS) is 32.0. The minimum absolute atomic E-state index is 0.0537. The zero-order valence-electron chi connectivity index (χ0n) is 13.4. The SMILES string of the molecule is Cc1ccsc1[C@@H]1Oc2ccccc2N1C1CN2CCC1CC2. The lowest BCUT2D eigenvalue weighted by Crippen LogP contribution is -2.57. The van der Waals surface area contributed by atoms with E-state index in [9.17, 15) is 0 Å². The van der Waals surface area contributed by atoms with Crippen molar-refractivity contribution < 1.29 is 4.74 Å². The summed E-state index contributed by atoms with van der Waals surface area (Å²) in [5.41, 5.74) is 2.63. The van der Waals surface area contributed by atoms with Crippen LogP contribution in [0.3, 0.4) is 0 Å². The van der Waals surface area contributed by atoms with Gasteiger partial charge < -0.3 is 14.5 Å². The van der Waals surface area contributed by atoms with Crippen LogP contribution < -0.4 is 9.64 Å². The first kappa shape index (κ1) is 13.9. The van der Waals surface area contributed by atoms with Crippen LogP contribution in [0.25, 0.3) is 0 Å². The minimum atomic E-state index is 0.0537. The average Bonchev–Trinajstić information content (AvgIpc) is 3.18. The Morgan fingerprint density at radius 3 is 2.65 bits per heavy atom. The Balaban J connectivity index is 1.58. The van der Waals surface area contributed by atoms with Crippen molar-refractivity contribution in [1.82, 2.24) is 4.90 Å². The summed E-state index contributed by atoms with van der Waals surface area (Å²) >= 11 is 1.82. The summed E-state index contributed by atoms with van der Waals surface area (Å²) in [4.78, 5) is 6.58. The van der Waals surface area contributed by atoms with Crippen molar-refractivity contribution in [3.05, 3.63) is 46.2 Å². The second-order valence-electron chi connectivity index (χ2n) is 7.02. The van der Waals surface area contributed by atoms with Gasteiger partial charge in [-0.25, -0.2) is 0 Å². The quantitative estimate of drug-likeness (QED) is 0.828. The van der Waals surface area contributed by atoms with E-state index in [1.54, 1.807) is 0 Å². The van der Waals surface area contributed by atoms with Gasteiger partial charge in [0.25, 0.3) is 0 Å². The van der Waals surface area contributed by atoms with Gasteiger partial charge in [-0.2, -0.15) is 0 Å². The average molecular weight is 326 g/mol. The molecule has 3 saturated heterocycles. The zero-order valence-corrected chi connectivity index (χ0v) is 14.3. The summed E-state index contributed by atoms with van der Waals surface area (Å²) in [6.07, 6.45) is 2.72. The molecule has 1 unspecified atom stereocenters. The highest BCUT2D eigenvalue weighted by molar-refractivity contribution is 7.10. The number of rotatable bonds is 2. The fourth-order valence-electron chi connectivity index (χ4n) is 4.49. The van der Waals surface area contributed by atoms with Crippen molar-refractivity contribution in [3.63, 3.8) is 0 Å². The number of aryl methyl sites for hydroxylation is 1. The molecular weight excluding hydrogens is 304 g/mol. The molecule has 120 valence electrons. The van der Waals surface area contributed by atoms with Gasteiger partial charge in [-0.15, -0.1) is 11.3 Å². The van der Waals surface area contributed by atoms with E-state index in [-0.39, 0.29) is 6.23 Å². The van der Waals surface area contributed by atoms with Gasteiger partial charge in [-0.3, -0.25) is 0 Å². The molecule has 1 aromatic carbocycles. The van der Waals surface area contributed by atoms with Crippen LogP contribution in [-0.2, 0) is 0 Å². The Bertz CT molecular complexity index is 720. The summed E-state index contributed by atoms with van der Waals surface area (Å²) in [6.45, 7) is 5.94. The fraction of sp³-hybridized carbons (Fsp3) is 0.474. The van der Waals surface area contributed by atoms with Crippen LogP contribution in [0.2, 0.25) is 0 Å². The third kappa shape index (κ3) is 2.12. The van der Waals surface area contributed by atoms with Crippen LogP contribution in [0.5, 0.6) is 5.75 Å². The van der Waals surface area contributed by atoms with E-state index in [2.05, 4.69) is 52.4 Å². The van der Waals surface area contributed by atoms with Crippen LogP contribution in [0, 0.1) is 12.8 Å². The molecule has 2 bridgehead atoms. The number of nitrogens with zero attached hydrogens (tertiary/aromatic N) is 2. The second-order valence-corrected chi connectivity index (χ2v) is 7.97. The maximum atomic E-state index is 6.42. The van der Waals surface area contributed by atoms with Crippen LogP contribution in [0.4, 0.5) is 5.69 Å². The molecule has 5 heterocycles. The smallest absolute Gasteiger partial charge is 0.208 e. The van der Waals surface area contributed by atoms with Crippen LogP contribution in [0.15, 0.2) is 35.7 Å². The third-order valence-electron chi connectivity index (χ3n) is 5.74. The lowest BCUT2D eigenvalue weighted by Gasteiger charge is -2.49. The number of piperidine rings is 3. The number of ether oxygens (including phenoxy) is 1. The largest absolute Gasteiger partial charge is 0.463 e. The first-order valence-corrected chi connectivity index (χ1v) is 9.49. The maximum Gasteiger partial charge on any atom is 0.208 e. The molecule has 4 heteroatoms. The Kier molecular flexibility index (Phi) is 3.17. The molecule has 0 N–H and O–H groups in total. The van der Waals surface area contributed by atoms with E-state index in [1.807, 2.05) is 11.3 Å². The van der Waals surface area contributed by atoms with E-state index in [1.165, 1.54) is 48.6 Å². The first-order valence-electron chi connectivity index (χ1n) is 8.61. The lowest BCUT2D eigenvalue weighted by atomic mass is 9.82. The summed E-state index contributed by atoms with van der Waals surface area (Å²) < 4.78 is 6.42. The highest BCUT2D eigenvalue weighted by atomic mass is 32.1. The van der Waals surface area contributed by atoms with Crippen LogP contribution >= 0.6 is 11.3 Å². The van der Waals surface area contributed by atoms with E-state index in [0.717, 1.165) is 11.7 Å². The number of hydrogen-bond donors (Lipinski definition) is 0. The molecule has 0 aliphatic carbocycles. The topological polar surface area (TPSA) is 15.7 Å². The summed E-state index contributed by atoms with van der Waals surface area (Å²) in [5.74, 6) is 1.85. The van der Waals surface area contributed by atoms with Gasteiger partial charge in [-0.1, -0.05) is 12.1 Å². The second kappa shape index (κ2) is 5.25. The Morgan fingerprint density at radius 1 is 1.13 bits per heavy atom. The van der Waals surface area contributed by atoms with Gasteiger partial charge in [-0.05, 0) is 67.9 Å². The van der Waals surface area contributed by atoms with Crippen molar-refractivity contribution in [3.8, 4) is 5.75 Å². The van der Waals surface area contributed by atoms with E-state index in [0.29, 0.717) is 6.04 Å². The maximum absolute atomic E-state index is 6.42. The lowest BCUT2D eigenvalue weighted by molar-refractivity contribution is 0.0704. The van der Waals surface area contributed by atoms with Crippen molar-refractivity contribution in [2.24, 2.45) is 5.92 Å². The predicted octanol–water partition coefficient (Wildman–Crippen LogP) is 4.05. The molecule has 1 aromatic heterocycles. The summed E-state index contributed by atoms with van der Waals surface area (Å²) in [7, 11) is 0. The van der Waals surface area contributed by atoms with E-state index >= 15 is 0 Å². The van der Waals surface area contributed by atoms with Crippen LogP contribution in [-0.4, -0.2) is 30.6 Å². The molecule has 3 fully saturated rings. The summed E-state index contributed by atoms with van der Waals surface area (Å²) in [6, 6.07) is 11.4. The molecule has 0 spiro atoms. The monoisotopic (exact) mass is 326 g/mol. The molecule has 0 saturated carbocycles. The van der Waals surface area contributed by atoms with Gasteiger partial charge in [0, 0.05) is 12.6 Å². The molecule has 0 radical (unpaired) electrons. The first-order chi connectivity index (χ1) is 11.3. The molecule has 6 rings (SSSR count). The van der Waals surface area contributed by atoms with E-state index < -0.39 is 0 Å². The molecule has 0 amide bonds. The number of anilines is 1. The van der Waals surface area contributed by atoms with Crippen molar-refractivity contribution in [1.29, 1.82) is 0 Å². The van der Waals surface area contributed by atoms with Crippen molar-refractivity contribution in [2.45, 2.75) is 32.0 Å². The molecule has 23 heavy (non-hydrogen) atoms. The van der Waals surface area contributed by atoms with Crippen molar-refractivity contribution in [2.75, 3.05) is 24.5 Å². The number of thiophene rings is 1. The Labute approximate surface area is 141 Å². The highest BCUT2D eigenvalue weighted by Gasteiger charge is 2.45. The van der Waals surface area contributed by atoms with Gasteiger partial charge >= 0.3 is 0 Å². The summed E-state index contributed by atoms with van der Waals surface area (Å²) in [5, 5.41) is 2.19. The van der Waals surface area contributed by atoms with Gasteiger partial charge in [0.15, 0.2) is 0 Å². The van der Waals surface area contributed by atoms with Crippen molar-refractivity contribution >= 4 is 17.0 Å². The number of fused-ring (bicyclic) bond motifs is 4. The standard InChI is InChI=1S/C19H22N2OS/c1-13-8-11-23-18(13)19-21(15-4-2-3-5-17(15)22-19)16-12-20-9-6-14(16)7-10-20/h2-5,8,11,14,16,19H,6-7,9-10,12H2,1H3/t16?,19-/m0/s1. The predicted molar refractivity (Wildman–Crippen MR) is 94.3 cm³/mol. The third-order valence-corrected chi connectivity index (χ3v) is 6.79. The molecular formula is C19H22N2OS. The molecule has 2 aromatic rings. The molecule has 2 atom stereocenters. The molecule has 3 nitrogen and oxygen atoms in total. The number of para-hydroxylation sites is 2. The molecule has 4 aliphatic rings. The zero-order chi connectivity index (χ0) is 15.4. The van der Waals surface area contributed by atoms with Gasteiger partial charge in [0.1, 0.15) is 5.75 Å². The number of hydrogen-bond acceptors (Lipinski definition) is 4. The van der Waals surface area contributed by atoms with Gasteiger partial charge in [0.2, 0.25) is 6.23 Å². The van der Waals surface area contributed by atoms with E-state index in [4.69, 9.17) is 4.74 Å². The van der Waals surface area contributed by atoms with Crippen LogP contribution in [0.1, 0.15) is 29.5 Å². The minimum Gasteiger partial charge on any atom is -0.463 e. The highest BCUT2D eigenvalue weighted by Crippen LogP contribution is 2.49. The fourth-order valence-corrected chi connectivity index (χ4v) is 5.44. The van der Waals surface area contributed by atoms with Gasteiger partial charge in [0.05, 0.1) is 10.6 Å².